The van der Waals surface area contributed by atoms with Gasteiger partial charge in [0.2, 0.25) is 5.82 Å². The fourth-order valence-corrected chi connectivity index (χ4v) is 1.01. The van der Waals surface area contributed by atoms with E-state index in [0.717, 1.165) is 5.69 Å². The molecule has 6 heteroatoms. The van der Waals surface area contributed by atoms with Crippen LogP contribution in [0.4, 0.5) is 0 Å². The number of fused-ring (bicyclic) bond motifs is 1. The van der Waals surface area contributed by atoms with Gasteiger partial charge in [-0.25, -0.2) is 0 Å². The van der Waals surface area contributed by atoms with Gasteiger partial charge in [-0.3, -0.25) is 0 Å². The van der Waals surface area contributed by atoms with E-state index in [0.29, 0.717) is 11.7 Å². The number of rotatable bonds is 1. The van der Waals surface area contributed by atoms with Crippen LogP contribution in [0.25, 0.3) is 11.5 Å². The number of aromatic nitrogens is 5. The van der Waals surface area contributed by atoms with E-state index in [4.69, 9.17) is 4.74 Å². The molecule has 0 aromatic carbocycles. The second-order valence-corrected chi connectivity index (χ2v) is 2.32. The molecule has 2 aliphatic heterocycles. The summed E-state index contributed by atoms with van der Waals surface area (Å²) in [6.07, 6.45) is 1.58. The van der Waals surface area contributed by atoms with Crippen LogP contribution in [0.5, 0.6) is 5.88 Å². The van der Waals surface area contributed by atoms with E-state index in [1.54, 1.807) is 18.0 Å². The zero-order valence-electron chi connectivity index (χ0n) is 6.72. The molecule has 0 radical (unpaired) electrons. The maximum absolute atomic E-state index is 4.99. The third kappa shape index (κ3) is 0.810. The third-order valence-electron chi connectivity index (χ3n) is 1.57. The standard InChI is InChI=1S/C6H7N5O/c1-11-3-7-8-5-4(11)6(12-2)10-9-5/h3H,1-2H3. The first-order valence-electron chi connectivity index (χ1n) is 3.37. The molecule has 0 saturated heterocycles. The maximum Gasteiger partial charge on any atom is 0.261 e. The summed E-state index contributed by atoms with van der Waals surface area (Å²) in [6, 6.07) is 0. The predicted octanol–water partition coefficient (Wildman–Crippen LogP) is -0.282. The van der Waals surface area contributed by atoms with Gasteiger partial charge in [0.1, 0.15) is 6.33 Å². The molecule has 0 atom stereocenters. The molecule has 0 spiro atoms. The van der Waals surface area contributed by atoms with Gasteiger partial charge in [0.15, 0.2) is 5.69 Å². The van der Waals surface area contributed by atoms with E-state index in [-0.39, 0.29) is 0 Å². The van der Waals surface area contributed by atoms with Crippen LogP contribution in [0.2, 0.25) is 0 Å². The Bertz CT molecular complexity index is 370. The summed E-state index contributed by atoms with van der Waals surface area (Å²) in [6.45, 7) is 0. The monoisotopic (exact) mass is 165 g/mol. The lowest BCUT2D eigenvalue weighted by molar-refractivity contribution is 0.396. The predicted molar refractivity (Wildman–Crippen MR) is 39.8 cm³/mol. The van der Waals surface area contributed by atoms with Gasteiger partial charge in [0.05, 0.1) is 7.11 Å². The molecule has 0 saturated carbocycles. The second-order valence-electron chi connectivity index (χ2n) is 2.32. The zero-order valence-corrected chi connectivity index (χ0v) is 6.72. The Morgan fingerprint density at radius 2 is 2.17 bits per heavy atom. The molecular formula is C6H7N5O. The third-order valence-corrected chi connectivity index (χ3v) is 1.57. The smallest absolute Gasteiger partial charge is 0.261 e. The average Bonchev–Trinajstić information content (AvgIpc) is 2.49. The van der Waals surface area contributed by atoms with E-state index in [1.165, 1.54) is 0 Å². The van der Waals surface area contributed by atoms with Gasteiger partial charge in [0.25, 0.3) is 5.88 Å². The summed E-state index contributed by atoms with van der Waals surface area (Å²) in [4.78, 5) is 0. The summed E-state index contributed by atoms with van der Waals surface area (Å²) in [5.74, 6) is 0.972. The fraction of sp³-hybridized carbons (Fsp3) is 0.333. The highest BCUT2D eigenvalue weighted by atomic mass is 16.5. The molecule has 12 heavy (non-hydrogen) atoms. The van der Waals surface area contributed by atoms with Crippen molar-refractivity contribution in [2.24, 2.45) is 7.05 Å². The molecule has 0 unspecified atom stereocenters. The molecular weight excluding hydrogens is 158 g/mol. The molecule has 2 heterocycles. The van der Waals surface area contributed by atoms with Crippen molar-refractivity contribution in [1.82, 2.24) is 25.0 Å². The minimum Gasteiger partial charge on any atom is -0.478 e. The number of hydrogen-bond donors (Lipinski definition) is 0. The van der Waals surface area contributed by atoms with Crippen molar-refractivity contribution in [2.45, 2.75) is 0 Å². The van der Waals surface area contributed by atoms with E-state index in [2.05, 4.69) is 20.4 Å². The topological polar surface area (TPSA) is 65.7 Å². The Hall–Kier alpha value is -1.72. The fourth-order valence-electron chi connectivity index (χ4n) is 1.01. The van der Waals surface area contributed by atoms with Crippen molar-refractivity contribution < 1.29 is 4.74 Å². The lowest BCUT2D eigenvalue weighted by Gasteiger charge is -2.02. The van der Waals surface area contributed by atoms with Gasteiger partial charge in [-0.15, -0.1) is 20.4 Å². The molecule has 6 nitrogen and oxygen atoms in total. The van der Waals surface area contributed by atoms with Crippen molar-refractivity contribution >= 4 is 0 Å². The largest absolute Gasteiger partial charge is 0.478 e. The maximum atomic E-state index is 4.99. The molecule has 0 amide bonds. The van der Waals surface area contributed by atoms with Crippen LogP contribution in [0.3, 0.4) is 0 Å². The van der Waals surface area contributed by atoms with Crippen LogP contribution in [-0.4, -0.2) is 32.1 Å². The minimum atomic E-state index is 0.474. The summed E-state index contributed by atoms with van der Waals surface area (Å²) < 4.78 is 6.75. The number of methoxy groups -OCH3 is 1. The highest BCUT2D eigenvalue weighted by molar-refractivity contribution is 5.57. The van der Waals surface area contributed by atoms with Gasteiger partial charge < -0.3 is 9.30 Å². The van der Waals surface area contributed by atoms with Gasteiger partial charge in [0, 0.05) is 7.05 Å². The molecule has 0 bridgehead atoms. The highest BCUT2D eigenvalue weighted by Gasteiger charge is 2.17. The summed E-state index contributed by atoms with van der Waals surface area (Å²) in [7, 11) is 3.38. The lowest BCUT2D eigenvalue weighted by Crippen LogP contribution is -2.01. The van der Waals surface area contributed by atoms with E-state index in [1.807, 2.05) is 7.05 Å². The summed E-state index contributed by atoms with van der Waals surface area (Å²) in [5, 5.41) is 15.1. The van der Waals surface area contributed by atoms with Crippen LogP contribution >= 0.6 is 0 Å². The number of ether oxygens (including phenoxy) is 1. The average molecular weight is 165 g/mol. The SMILES string of the molecule is COc1nnc2nncn(C)c1-2. The first-order valence-corrected chi connectivity index (χ1v) is 3.37. The van der Waals surface area contributed by atoms with Crippen LogP contribution < -0.4 is 4.74 Å². The zero-order chi connectivity index (χ0) is 8.55. The van der Waals surface area contributed by atoms with Gasteiger partial charge in [-0.2, -0.15) is 0 Å². The van der Waals surface area contributed by atoms with Crippen molar-refractivity contribution in [3.05, 3.63) is 6.33 Å². The molecule has 2 rings (SSSR count). The number of hydrogen-bond acceptors (Lipinski definition) is 5. The van der Waals surface area contributed by atoms with Gasteiger partial charge >= 0.3 is 0 Å². The molecule has 0 aliphatic carbocycles. The van der Waals surface area contributed by atoms with Crippen molar-refractivity contribution in [2.75, 3.05) is 7.11 Å². The molecule has 2 aliphatic rings. The van der Waals surface area contributed by atoms with Crippen LogP contribution in [0, 0.1) is 0 Å². The summed E-state index contributed by atoms with van der Waals surface area (Å²) in [5.41, 5.74) is 0.757. The van der Waals surface area contributed by atoms with Crippen LogP contribution in [0.1, 0.15) is 0 Å². The Labute approximate surface area is 68.5 Å². The lowest BCUT2D eigenvalue weighted by atomic mass is 10.4. The summed E-state index contributed by atoms with van der Waals surface area (Å²) >= 11 is 0. The van der Waals surface area contributed by atoms with E-state index < -0.39 is 0 Å². The van der Waals surface area contributed by atoms with Crippen LogP contribution in [0.15, 0.2) is 6.33 Å². The Balaban J connectivity index is 2.71. The Morgan fingerprint density at radius 3 is 2.92 bits per heavy atom. The van der Waals surface area contributed by atoms with Gasteiger partial charge in [-0.05, 0) is 0 Å². The van der Waals surface area contributed by atoms with E-state index >= 15 is 0 Å². The minimum absolute atomic E-state index is 0.474. The Morgan fingerprint density at radius 1 is 1.33 bits per heavy atom. The van der Waals surface area contributed by atoms with Gasteiger partial charge in [-0.1, -0.05) is 0 Å². The molecule has 0 aromatic rings. The van der Waals surface area contributed by atoms with Crippen LogP contribution in [-0.2, 0) is 7.05 Å². The van der Waals surface area contributed by atoms with E-state index in [9.17, 15) is 0 Å². The quantitative estimate of drug-likeness (QED) is 0.581. The number of nitrogens with zero attached hydrogens (tertiary/aromatic N) is 5. The van der Waals surface area contributed by atoms with Crippen molar-refractivity contribution in [1.29, 1.82) is 0 Å². The molecule has 0 fully saturated rings. The molecule has 0 N–H and O–H groups in total. The normalized spacial score (nSPS) is 10.5. The molecule has 62 valence electrons. The number of aryl methyl sites for hydroxylation is 1. The molecule has 0 aromatic heterocycles. The first-order chi connectivity index (χ1) is 5.83. The highest BCUT2D eigenvalue weighted by Crippen LogP contribution is 2.24. The first kappa shape index (κ1) is 6.96. The van der Waals surface area contributed by atoms with Crippen molar-refractivity contribution in [3.63, 3.8) is 0 Å². The Kier molecular flexibility index (Phi) is 1.39. The second kappa shape index (κ2) is 2.40. The van der Waals surface area contributed by atoms with Crippen molar-refractivity contribution in [3.8, 4) is 17.4 Å².